The first kappa shape index (κ1) is 32.8. The van der Waals surface area contributed by atoms with Gasteiger partial charge in [0.15, 0.2) is 5.82 Å². The van der Waals surface area contributed by atoms with Gasteiger partial charge in [0.1, 0.15) is 5.58 Å². The van der Waals surface area contributed by atoms with E-state index >= 15 is 0 Å². The van der Waals surface area contributed by atoms with Gasteiger partial charge >= 0.3 is 0 Å². The maximum Gasteiger partial charge on any atom is 0.231 e. The van der Waals surface area contributed by atoms with Gasteiger partial charge in [0.25, 0.3) is 0 Å². The molecule has 0 aliphatic carbocycles. The van der Waals surface area contributed by atoms with E-state index in [1.54, 1.807) is 0 Å². The molecular weight excluding hydrogens is 693 g/mol. The molecular formula is C54H34N2O. The van der Waals surface area contributed by atoms with Crippen LogP contribution in [0.15, 0.2) is 211 Å². The van der Waals surface area contributed by atoms with Crippen LogP contribution in [0.3, 0.4) is 0 Å². The maximum atomic E-state index is 6.61. The second-order valence-electron chi connectivity index (χ2n) is 14.6. The molecule has 57 heavy (non-hydrogen) atoms. The normalized spacial score (nSPS) is 11.5. The quantitative estimate of drug-likeness (QED) is 0.171. The van der Waals surface area contributed by atoms with Crippen molar-refractivity contribution in [3.05, 3.63) is 206 Å². The summed E-state index contributed by atoms with van der Waals surface area (Å²) in [5, 5.41) is 6.43. The van der Waals surface area contributed by atoms with Gasteiger partial charge in [-0.05, 0) is 109 Å². The minimum Gasteiger partial charge on any atom is -0.438 e. The lowest BCUT2D eigenvalue weighted by Crippen LogP contribution is -1.95. The van der Waals surface area contributed by atoms with Crippen LogP contribution in [-0.2, 0) is 0 Å². The van der Waals surface area contributed by atoms with Crippen molar-refractivity contribution in [3.8, 4) is 67.2 Å². The predicted molar refractivity (Wildman–Crippen MR) is 237 cm³/mol. The van der Waals surface area contributed by atoms with Crippen molar-refractivity contribution in [1.29, 1.82) is 0 Å². The Morgan fingerprint density at radius 3 is 1.47 bits per heavy atom. The summed E-state index contributed by atoms with van der Waals surface area (Å²) in [6.07, 6.45) is 0. The van der Waals surface area contributed by atoms with E-state index in [1.807, 2.05) is 0 Å². The van der Waals surface area contributed by atoms with Gasteiger partial charge in [-0.15, -0.1) is 0 Å². The molecule has 266 valence electrons. The first-order valence-corrected chi connectivity index (χ1v) is 19.3. The van der Waals surface area contributed by atoms with Gasteiger partial charge in [-0.2, -0.15) is 4.98 Å². The predicted octanol–water partition coefficient (Wildman–Crippen LogP) is 14.7. The SMILES string of the molecule is c1ccc(-c2cc(-c3ccccc3)cc(-c3cccc(-c4cccc(-c5nc(-c6cccc7ccccc67)nc6oc7cc8ccccc8cc7c56)c4)c3)c2)cc1. The highest BCUT2D eigenvalue weighted by Crippen LogP contribution is 2.41. The molecule has 0 aliphatic heterocycles. The Bertz CT molecular complexity index is 3230. The van der Waals surface area contributed by atoms with Gasteiger partial charge < -0.3 is 4.42 Å². The van der Waals surface area contributed by atoms with Crippen molar-refractivity contribution in [1.82, 2.24) is 9.97 Å². The minimum absolute atomic E-state index is 0.577. The van der Waals surface area contributed by atoms with E-state index in [-0.39, 0.29) is 0 Å². The largest absolute Gasteiger partial charge is 0.438 e. The smallest absolute Gasteiger partial charge is 0.231 e. The monoisotopic (exact) mass is 726 g/mol. The van der Waals surface area contributed by atoms with E-state index in [4.69, 9.17) is 14.4 Å². The Labute approximate surface area is 330 Å². The summed E-state index contributed by atoms with van der Waals surface area (Å²) in [5.74, 6) is 0.637. The first-order chi connectivity index (χ1) is 28.2. The van der Waals surface area contributed by atoms with Crippen molar-refractivity contribution in [2.45, 2.75) is 0 Å². The molecule has 0 spiro atoms. The topological polar surface area (TPSA) is 38.9 Å². The van der Waals surface area contributed by atoms with Crippen molar-refractivity contribution in [2.75, 3.05) is 0 Å². The molecule has 0 saturated carbocycles. The van der Waals surface area contributed by atoms with Gasteiger partial charge in [-0.3, -0.25) is 0 Å². The summed E-state index contributed by atoms with van der Waals surface area (Å²) in [7, 11) is 0. The third-order valence-electron chi connectivity index (χ3n) is 11.0. The van der Waals surface area contributed by atoms with Crippen LogP contribution >= 0.6 is 0 Å². The summed E-state index contributed by atoms with van der Waals surface area (Å²) >= 11 is 0. The lowest BCUT2D eigenvalue weighted by atomic mass is 9.92. The Morgan fingerprint density at radius 2 is 0.789 bits per heavy atom. The number of hydrogen-bond acceptors (Lipinski definition) is 3. The molecule has 3 nitrogen and oxygen atoms in total. The summed E-state index contributed by atoms with van der Waals surface area (Å²) < 4.78 is 6.61. The van der Waals surface area contributed by atoms with E-state index in [0.29, 0.717) is 11.5 Å². The molecule has 11 rings (SSSR count). The molecule has 0 radical (unpaired) electrons. The van der Waals surface area contributed by atoms with Crippen molar-refractivity contribution in [3.63, 3.8) is 0 Å². The molecule has 0 aliphatic rings. The summed E-state index contributed by atoms with van der Waals surface area (Å²) in [6.45, 7) is 0. The third-order valence-corrected chi connectivity index (χ3v) is 11.0. The number of hydrogen-bond donors (Lipinski definition) is 0. The van der Waals surface area contributed by atoms with E-state index in [0.717, 1.165) is 71.4 Å². The maximum absolute atomic E-state index is 6.61. The Hall–Kier alpha value is -7.62. The van der Waals surface area contributed by atoms with Crippen molar-refractivity contribution < 1.29 is 4.42 Å². The number of fused-ring (bicyclic) bond motifs is 5. The fourth-order valence-electron chi connectivity index (χ4n) is 8.22. The molecule has 2 aromatic heterocycles. The highest BCUT2D eigenvalue weighted by atomic mass is 16.3. The van der Waals surface area contributed by atoms with Crippen LogP contribution in [0.5, 0.6) is 0 Å². The zero-order valence-corrected chi connectivity index (χ0v) is 30.9. The van der Waals surface area contributed by atoms with Crippen LogP contribution in [0.1, 0.15) is 0 Å². The number of furan rings is 1. The van der Waals surface area contributed by atoms with E-state index in [9.17, 15) is 0 Å². The van der Waals surface area contributed by atoms with Crippen molar-refractivity contribution >= 4 is 43.6 Å². The molecule has 0 bridgehead atoms. The van der Waals surface area contributed by atoms with Gasteiger partial charge in [0, 0.05) is 16.5 Å². The average Bonchev–Trinajstić information content (AvgIpc) is 3.65. The molecule has 0 amide bonds. The highest BCUT2D eigenvalue weighted by Gasteiger charge is 2.20. The molecule has 0 atom stereocenters. The zero-order valence-electron chi connectivity index (χ0n) is 30.9. The number of benzene rings is 9. The molecule has 3 heteroatoms. The summed E-state index contributed by atoms with van der Waals surface area (Å²) in [4.78, 5) is 10.5. The second kappa shape index (κ2) is 13.6. The number of nitrogens with zero attached hydrogens (tertiary/aromatic N) is 2. The summed E-state index contributed by atoms with van der Waals surface area (Å²) in [6, 6.07) is 73.1. The number of aromatic nitrogens is 2. The van der Waals surface area contributed by atoms with Crippen LogP contribution in [0.2, 0.25) is 0 Å². The molecule has 0 fully saturated rings. The standard InChI is InChI=1S/C54H34N2O/c1-3-14-35(15-4-1)44-30-45(36-16-5-2-6-17-36)32-46(31-44)40-24-11-22-38(28-40)39-23-12-25-43(29-39)52-51-49-33-41-19-7-8-20-42(41)34-50(49)57-54(51)56-53(55-52)48-27-13-21-37-18-9-10-26-47(37)48/h1-34H. The van der Waals surface area contributed by atoms with Crippen LogP contribution in [-0.4, -0.2) is 9.97 Å². The Kier molecular flexibility index (Phi) is 7.82. The average molecular weight is 727 g/mol. The highest BCUT2D eigenvalue weighted by molar-refractivity contribution is 6.14. The van der Waals surface area contributed by atoms with E-state index < -0.39 is 0 Å². The van der Waals surface area contributed by atoms with E-state index in [1.165, 1.54) is 27.8 Å². The van der Waals surface area contributed by atoms with Crippen molar-refractivity contribution in [2.24, 2.45) is 0 Å². The Morgan fingerprint density at radius 1 is 0.316 bits per heavy atom. The fourth-order valence-corrected chi connectivity index (χ4v) is 8.22. The van der Waals surface area contributed by atoms with Gasteiger partial charge in [0.05, 0.1) is 11.1 Å². The van der Waals surface area contributed by atoms with Crippen LogP contribution < -0.4 is 0 Å². The van der Waals surface area contributed by atoms with Crippen LogP contribution in [0, 0.1) is 0 Å². The van der Waals surface area contributed by atoms with Gasteiger partial charge in [-0.25, -0.2) is 4.98 Å². The summed E-state index contributed by atoms with van der Waals surface area (Å²) in [5.41, 5.74) is 13.5. The van der Waals surface area contributed by atoms with E-state index in [2.05, 4.69) is 206 Å². The second-order valence-corrected chi connectivity index (χ2v) is 14.6. The fraction of sp³-hybridized carbons (Fsp3) is 0. The lowest BCUT2D eigenvalue weighted by Gasteiger charge is -2.13. The first-order valence-electron chi connectivity index (χ1n) is 19.3. The number of rotatable bonds is 6. The molecule has 2 heterocycles. The Balaban J connectivity index is 1.08. The zero-order chi connectivity index (χ0) is 37.7. The molecule has 0 unspecified atom stereocenters. The van der Waals surface area contributed by atoms with Gasteiger partial charge in [0.2, 0.25) is 5.71 Å². The minimum atomic E-state index is 0.577. The van der Waals surface area contributed by atoms with Gasteiger partial charge in [-0.1, -0.05) is 164 Å². The lowest BCUT2D eigenvalue weighted by molar-refractivity contribution is 0.654. The third kappa shape index (κ3) is 5.94. The van der Waals surface area contributed by atoms with Crippen LogP contribution in [0.25, 0.3) is 111 Å². The molecule has 0 N–H and O–H groups in total. The molecule has 0 saturated heterocycles. The molecule has 9 aromatic carbocycles. The molecule has 11 aromatic rings. The van der Waals surface area contributed by atoms with Crippen LogP contribution in [0.4, 0.5) is 0 Å².